The summed E-state index contributed by atoms with van der Waals surface area (Å²) in [4.78, 5) is 23.4. The van der Waals surface area contributed by atoms with E-state index in [9.17, 15) is 9.59 Å². The summed E-state index contributed by atoms with van der Waals surface area (Å²) in [5.41, 5.74) is 7.58. The number of para-hydroxylation sites is 1. The standard InChI is InChI=1S/C17H25N3O2.ClH/c18-15-8-2-1-5-13(15)9-10-16(21)19-11-4-12-20-17(22)14-6-3-7-14;/h1-2,5,8,14H,3-4,6-7,9-12,18H2,(H,19,21)(H,20,22);1H. The third-order valence-electron chi connectivity index (χ3n) is 4.13. The molecular weight excluding hydrogens is 314 g/mol. The molecule has 0 atom stereocenters. The lowest BCUT2D eigenvalue weighted by Crippen LogP contribution is -2.36. The second kappa shape index (κ2) is 10.1. The van der Waals surface area contributed by atoms with Crippen LogP contribution in [0.4, 0.5) is 5.69 Å². The summed E-state index contributed by atoms with van der Waals surface area (Å²) in [6.45, 7) is 1.22. The minimum Gasteiger partial charge on any atom is -0.399 e. The molecule has 0 aliphatic heterocycles. The highest BCUT2D eigenvalue weighted by atomic mass is 35.5. The van der Waals surface area contributed by atoms with Crippen molar-refractivity contribution in [1.29, 1.82) is 0 Å². The van der Waals surface area contributed by atoms with Crippen molar-refractivity contribution in [2.45, 2.75) is 38.5 Å². The van der Waals surface area contributed by atoms with E-state index in [1.54, 1.807) is 0 Å². The molecule has 4 N–H and O–H groups in total. The van der Waals surface area contributed by atoms with E-state index < -0.39 is 0 Å². The van der Waals surface area contributed by atoms with Crippen LogP contribution in [-0.2, 0) is 16.0 Å². The number of amides is 2. The SMILES string of the molecule is Cl.Nc1ccccc1CCC(=O)NCCCNC(=O)C1CCC1. The lowest BCUT2D eigenvalue weighted by atomic mass is 9.85. The van der Waals surface area contributed by atoms with E-state index in [1.165, 1.54) is 6.42 Å². The van der Waals surface area contributed by atoms with Crippen LogP contribution in [-0.4, -0.2) is 24.9 Å². The summed E-state index contributed by atoms with van der Waals surface area (Å²) in [5, 5.41) is 5.79. The zero-order valence-electron chi connectivity index (χ0n) is 13.3. The maximum atomic E-state index is 11.7. The number of hydrogen-bond donors (Lipinski definition) is 3. The number of nitrogen functional groups attached to an aromatic ring is 1. The highest BCUT2D eigenvalue weighted by Crippen LogP contribution is 2.25. The molecular formula is C17H26ClN3O2. The Morgan fingerprint density at radius 1 is 1.13 bits per heavy atom. The average Bonchev–Trinajstić information content (AvgIpc) is 2.44. The van der Waals surface area contributed by atoms with E-state index in [2.05, 4.69) is 10.6 Å². The number of hydrogen-bond acceptors (Lipinski definition) is 3. The molecule has 1 aromatic carbocycles. The molecule has 0 bridgehead atoms. The Bertz CT molecular complexity index is 518. The lowest BCUT2D eigenvalue weighted by molar-refractivity contribution is -0.127. The number of nitrogens with one attached hydrogen (secondary N) is 2. The summed E-state index contributed by atoms with van der Waals surface area (Å²) in [7, 11) is 0. The lowest BCUT2D eigenvalue weighted by Gasteiger charge is -2.23. The van der Waals surface area contributed by atoms with Gasteiger partial charge in [0, 0.05) is 31.1 Å². The zero-order valence-corrected chi connectivity index (χ0v) is 14.2. The van der Waals surface area contributed by atoms with Crippen molar-refractivity contribution >= 4 is 29.9 Å². The van der Waals surface area contributed by atoms with Crippen LogP contribution in [0.2, 0.25) is 0 Å². The monoisotopic (exact) mass is 339 g/mol. The average molecular weight is 340 g/mol. The second-order valence-electron chi connectivity index (χ2n) is 5.82. The predicted octanol–water partition coefficient (Wildman–Crippen LogP) is 2.05. The molecule has 0 spiro atoms. The van der Waals surface area contributed by atoms with Gasteiger partial charge in [0.1, 0.15) is 0 Å². The Hall–Kier alpha value is -1.75. The second-order valence-corrected chi connectivity index (χ2v) is 5.82. The van der Waals surface area contributed by atoms with Crippen LogP contribution < -0.4 is 16.4 Å². The van der Waals surface area contributed by atoms with Crippen LogP contribution >= 0.6 is 12.4 Å². The minimum atomic E-state index is 0. The first kappa shape index (κ1) is 19.3. The molecule has 0 heterocycles. The van der Waals surface area contributed by atoms with E-state index >= 15 is 0 Å². The van der Waals surface area contributed by atoms with Gasteiger partial charge in [-0.15, -0.1) is 12.4 Å². The maximum Gasteiger partial charge on any atom is 0.223 e. The molecule has 1 aliphatic carbocycles. The van der Waals surface area contributed by atoms with E-state index in [-0.39, 0.29) is 30.1 Å². The first-order valence-electron chi connectivity index (χ1n) is 8.04. The van der Waals surface area contributed by atoms with Gasteiger partial charge < -0.3 is 16.4 Å². The van der Waals surface area contributed by atoms with Gasteiger partial charge in [-0.25, -0.2) is 0 Å². The molecule has 1 saturated carbocycles. The molecule has 6 heteroatoms. The predicted molar refractivity (Wildman–Crippen MR) is 94.4 cm³/mol. The number of halogens is 1. The number of carbonyl (C=O) groups excluding carboxylic acids is 2. The van der Waals surface area contributed by atoms with Crippen LogP contribution in [0.1, 0.15) is 37.7 Å². The minimum absolute atomic E-state index is 0. The van der Waals surface area contributed by atoms with E-state index in [0.717, 1.165) is 30.5 Å². The van der Waals surface area contributed by atoms with Gasteiger partial charge in [-0.3, -0.25) is 9.59 Å². The Morgan fingerprint density at radius 3 is 2.48 bits per heavy atom. The van der Waals surface area contributed by atoms with Crippen molar-refractivity contribution in [1.82, 2.24) is 10.6 Å². The van der Waals surface area contributed by atoms with Crippen LogP contribution in [0.3, 0.4) is 0 Å². The molecule has 1 aliphatic rings. The van der Waals surface area contributed by atoms with Gasteiger partial charge in [-0.05, 0) is 37.3 Å². The van der Waals surface area contributed by atoms with E-state index in [4.69, 9.17) is 5.73 Å². The smallest absolute Gasteiger partial charge is 0.223 e. The number of anilines is 1. The number of nitrogens with two attached hydrogens (primary N) is 1. The van der Waals surface area contributed by atoms with Gasteiger partial charge in [0.2, 0.25) is 11.8 Å². The molecule has 0 aromatic heterocycles. The molecule has 128 valence electrons. The maximum absolute atomic E-state index is 11.7. The number of carbonyl (C=O) groups is 2. The molecule has 0 radical (unpaired) electrons. The van der Waals surface area contributed by atoms with Gasteiger partial charge in [-0.1, -0.05) is 24.6 Å². The zero-order chi connectivity index (χ0) is 15.8. The number of aryl methyl sites for hydroxylation is 1. The third-order valence-corrected chi connectivity index (χ3v) is 4.13. The number of benzene rings is 1. The molecule has 0 unspecified atom stereocenters. The van der Waals surface area contributed by atoms with E-state index in [0.29, 0.717) is 25.9 Å². The van der Waals surface area contributed by atoms with Crippen molar-refractivity contribution < 1.29 is 9.59 Å². The summed E-state index contributed by atoms with van der Waals surface area (Å²) >= 11 is 0. The summed E-state index contributed by atoms with van der Waals surface area (Å²) in [6.07, 6.45) is 5.05. The summed E-state index contributed by atoms with van der Waals surface area (Å²) in [6, 6.07) is 7.60. The molecule has 5 nitrogen and oxygen atoms in total. The molecule has 2 amide bonds. The topological polar surface area (TPSA) is 84.2 Å². The van der Waals surface area contributed by atoms with Crippen LogP contribution in [0, 0.1) is 5.92 Å². The van der Waals surface area contributed by atoms with Crippen molar-refractivity contribution in [2.24, 2.45) is 5.92 Å². The van der Waals surface area contributed by atoms with Gasteiger partial charge in [0.15, 0.2) is 0 Å². The summed E-state index contributed by atoms with van der Waals surface area (Å²) < 4.78 is 0. The fourth-order valence-corrected chi connectivity index (χ4v) is 2.44. The molecule has 1 aromatic rings. The summed E-state index contributed by atoms with van der Waals surface area (Å²) in [5.74, 6) is 0.414. The Morgan fingerprint density at radius 2 is 1.83 bits per heavy atom. The van der Waals surface area contributed by atoms with Gasteiger partial charge >= 0.3 is 0 Å². The molecule has 0 saturated heterocycles. The van der Waals surface area contributed by atoms with Crippen molar-refractivity contribution in [3.8, 4) is 0 Å². The van der Waals surface area contributed by atoms with Crippen LogP contribution in [0.15, 0.2) is 24.3 Å². The number of rotatable bonds is 8. The quantitative estimate of drug-likeness (QED) is 0.500. The fraction of sp³-hybridized carbons (Fsp3) is 0.529. The third kappa shape index (κ3) is 6.48. The van der Waals surface area contributed by atoms with Crippen molar-refractivity contribution in [3.63, 3.8) is 0 Å². The first-order valence-corrected chi connectivity index (χ1v) is 8.04. The molecule has 2 rings (SSSR count). The van der Waals surface area contributed by atoms with Crippen LogP contribution in [0.25, 0.3) is 0 Å². The van der Waals surface area contributed by atoms with Gasteiger partial charge in [-0.2, -0.15) is 0 Å². The fourth-order valence-electron chi connectivity index (χ4n) is 2.44. The van der Waals surface area contributed by atoms with Gasteiger partial charge in [0.25, 0.3) is 0 Å². The van der Waals surface area contributed by atoms with Crippen LogP contribution in [0.5, 0.6) is 0 Å². The highest BCUT2D eigenvalue weighted by molar-refractivity contribution is 5.85. The molecule has 23 heavy (non-hydrogen) atoms. The van der Waals surface area contributed by atoms with E-state index in [1.807, 2.05) is 24.3 Å². The Balaban J connectivity index is 0.00000264. The first-order chi connectivity index (χ1) is 10.7. The molecule has 1 fully saturated rings. The largest absolute Gasteiger partial charge is 0.399 e. The normalized spacial score (nSPS) is 13.6. The Labute approximate surface area is 143 Å². The van der Waals surface area contributed by atoms with Crippen molar-refractivity contribution in [2.75, 3.05) is 18.8 Å². The van der Waals surface area contributed by atoms with Crippen molar-refractivity contribution in [3.05, 3.63) is 29.8 Å². The highest BCUT2D eigenvalue weighted by Gasteiger charge is 2.24. The van der Waals surface area contributed by atoms with Gasteiger partial charge in [0.05, 0.1) is 0 Å². The Kier molecular flexibility index (Phi) is 8.48.